The van der Waals surface area contributed by atoms with Gasteiger partial charge in [-0.3, -0.25) is 9.59 Å². The maximum Gasteiger partial charge on any atom is 0.264 e. The molecule has 2 aliphatic rings. The van der Waals surface area contributed by atoms with E-state index in [0.717, 1.165) is 17.4 Å². The molecule has 2 saturated carbocycles. The zero-order valence-electron chi connectivity index (χ0n) is 14.7. The second kappa shape index (κ2) is 6.88. The molecule has 0 spiro atoms. The summed E-state index contributed by atoms with van der Waals surface area (Å²) < 4.78 is 0. The lowest BCUT2D eigenvalue weighted by Gasteiger charge is -2.28. The zero-order chi connectivity index (χ0) is 18.3. The third kappa shape index (κ3) is 3.28. The number of H-pyrrole nitrogens is 1. The Balaban J connectivity index is 1.48. The van der Waals surface area contributed by atoms with Crippen LogP contribution in [0.25, 0.3) is 11.4 Å². The molecule has 1 amide bonds. The van der Waals surface area contributed by atoms with Crippen LogP contribution in [0, 0.1) is 17.8 Å². The maximum absolute atomic E-state index is 12.5. The van der Waals surface area contributed by atoms with Gasteiger partial charge in [-0.05, 0) is 68.2 Å². The molecule has 5 nitrogen and oxygen atoms in total. The number of nitrogens with zero attached hydrogens (tertiary/aromatic N) is 1. The number of amides is 1. The molecule has 1 heterocycles. The van der Waals surface area contributed by atoms with Crippen LogP contribution in [0.3, 0.4) is 0 Å². The highest BCUT2D eigenvalue weighted by Crippen LogP contribution is 2.49. The van der Waals surface area contributed by atoms with Gasteiger partial charge in [-0.25, -0.2) is 4.98 Å². The largest absolute Gasteiger partial charge is 0.349 e. The monoisotopic (exact) mass is 371 g/mol. The van der Waals surface area contributed by atoms with Crippen molar-refractivity contribution in [3.05, 3.63) is 51.4 Å². The van der Waals surface area contributed by atoms with E-state index in [1.807, 2.05) is 6.92 Å². The number of aromatic nitrogens is 2. The average molecular weight is 372 g/mol. The van der Waals surface area contributed by atoms with Gasteiger partial charge in [0.05, 0.1) is 0 Å². The van der Waals surface area contributed by atoms with E-state index in [2.05, 4.69) is 15.3 Å². The molecule has 0 saturated heterocycles. The molecule has 1 aromatic heterocycles. The standard InChI is InChI=1S/C20H22ClN3O2/c1-11(16-9-12-2-3-14(16)8-12)23-19(25)17-10-22-18(24-20(17)26)13-4-6-15(21)7-5-13/h4-7,10-12,14,16H,2-3,8-9H2,1H3,(H,23,25)(H,22,24,26). The third-order valence-electron chi connectivity index (χ3n) is 5.96. The molecule has 6 heteroatoms. The molecule has 4 rings (SSSR count). The number of aromatic amines is 1. The summed E-state index contributed by atoms with van der Waals surface area (Å²) >= 11 is 5.88. The summed E-state index contributed by atoms with van der Waals surface area (Å²) in [6.45, 7) is 2.05. The van der Waals surface area contributed by atoms with Crippen molar-refractivity contribution in [1.82, 2.24) is 15.3 Å². The summed E-state index contributed by atoms with van der Waals surface area (Å²) in [5.41, 5.74) is 0.370. The quantitative estimate of drug-likeness (QED) is 0.861. The van der Waals surface area contributed by atoms with Crippen LogP contribution in [-0.2, 0) is 0 Å². The molecule has 4 atom stereocenters. The number of nitrogens with one attached hydrogen (secondary N) is 2. The molecule has 2 fully saturated rings. The zero-order valence-corrected chi connectivity index (χ0v) is 15.4. The van der Waals surface area contributed by atoms with Crippen molar-refractivity contribution in [2.45, 2.75) is 38.6 Å². The molecule has 136 valence electrons. The number of rotatable bonds is 4. The van der Waals surface area contributed by atoms with E-state index < -0.39 is 5.56 Å². The van der Waals surface area contributed by atoms with Crippen molar-refractivity contribution in [2.75, 3.05) is 0 Å². The summed E-state index contributed by atoms with van der Waals surface area (Å²) in [5, 5.41) is 3.63. The topological polar surface area (TPSA) is 74.8 Å². The van der Waals surface area contributed by atoms with Gasteiger partial charge in [0.15, 0.2) is 0 Å². The van der Waals surface area contributed by atoms with Crippen molar-refractivity contribution in [2.24, 2.45) is 17.8 Å². The molecular formula is C20H22ClN3O2. The Kier molecular flexibility index (Phi) is 4.57. The van der Waals surface area contributed by atoms with Gasteiger partial charge in [-0.2, -0.15) is 0 Å². The second-order valence-electron chi connectivity index (χ2n) is 7.58. The summed E-state index contributed by atoms with van der Waals surface area (Å²) in [4.78, 5) is 31.8. The Hall–Kier alpha value is -2.14. The summed E-state index contributed by atoms with van der Waals surface area (Å²) in [6.07, 6.45) is 6.44. The molecule has 2 bridgehead atoms. The van der Waals surface area contributed by atoms with Crippen molar-refractivity contribution >= 4 is 17.5 Å². The number of hydrogen-bond donors (Lipinski definition) is 2. The van der Waals surface area contributed by atoms with Gasteiger partial charge in [0, 0.05) is 22.8 Å². The van der Waals surface area contributed by atoms with E-state index in [4.69, 9.17) is 11.6 Å². The molecule has 2 aromatic rings. The number of halogens is 1. The fraction of sp³-hybridized carbons (Fsp3) is 0.450. The van der Waals surface area contributed by atoms with Crippen LogP contribution in [0.15, 0.2) is 35.3 Å². The predicted molar refractivity (Wildman–Crippen MR) is 101 cm³/mol. The average Bonchev–Trinajstić information content (AvgIpc) is 3.25. The van der Waals surface area contributed by atoms with E-state index in [0.29, 0.717) is 16.8 Å². The number of carbonyl (C=O) groups is 1. The van der Waals surface area contributed by atoms with Gasteiger partial charge in [-0.15, -0.1) is 0 Å². The first-order chi connectivity index (χ1) is 12.5. The van der Waals surface area contributed by atoms with E-state index in [1.54, 1.807) is 24.3 Å². The smallest absolute Gasteiger partial charge is 0.264 e. The van der Waals surface area contributed by atoms with E-state index in [1.165, 1.54) is 31.9 Å². The van der Waals surface area contributed by atoms with Crippen LogP contribution < -0.4 is 10.9 Å². The fourth-order valence-corrected chi connectivity index (χ4v) is 4.73. The Bertz CT molecular complexity index is 877. The Morgan fingerprint density at radius 3 is 2.65 bits per heavy atom. The van der Waals surface area contributed by atoms with Crippen molar-refractivity contribution in [3.8, 4) is 11.4 Å². The summed E-state index contributed by atoms with van der Waals surface area (Å²) in [7, 11) is 0. The minimum absolute atomic E-state index is 0.0534. The van der Waals surface area contributed by atoms with Crippen molar-refractivity contribution in [1.29, 1.82) is 0 Å². The van der Waals surface area contributed by atoms with E-state index >= 15 is 0 Å². The maximum atomic E-state index is 12.5. The lowest BCUT2D eigenvalue weighted by atomic mass is 9.84. The van der Waals surface area contributed by atoms with Gasteiger partial charge in [0.25, 0.3) is 11.5 Å². The SMILES string of the molecule is CC(NC(=O)c1cnc(-c2ccc(Cl)cc2)[nH]c1=O)C1CC2CCC1C2. The molecule has 26 heavy (non-hydrogen) atoms. The highest BCUT2D eigenvalue weighted by Gasteiger charge is 2.42. The summed E-state index contributed by atoms with van der Waals surface area (Å²) in [6, 6.07) is 7.09. The van der Waals surface area contributed by atoms with Gasteiger partial charge in [-0.1, -0.05) is 18.0 Å². The first-order valence-corrected chi connectivity index (χ1v) is 9.55. The van der Waals surface area contributed by atoms with Gasteiger partial charge < -0.3 is 10.3 Å². The van der Waals surface area contributed by atoms with E-state index in [9.17, 15) is 9.59 Å². The molecule has 0 aliphatic heterocycles. The normalized spacial score (nSPS) is 25.2. The van der Waals surface area contributed by atoms with Crippen LogP contribution in [0.5, 0.6) is 0 Å². The first kappa shape index (κ1) is 17.3. The Morgan fingerprint density at radius 2 is 2.04 bits per heavy atom. The third-order valence-corrected chi connectivity index (χ3v) is 6.21. The molecule has 1 aromatic carbocycles. The first-order valence-electron chi connectivity index (χ1n) is 9.17. The van der Waals surface area contributed by atoms with Crippen LogP contribution in [0.4, 0.5) is 0 Å². The van der Waals surface area contributed by atoms with Crippen LogP contribution in [-0.4, -0.2) is 21.9 Å². The molecule has 2 N–H and O–H groups in total. The Labute approximate surface area is 157 Å². The molecule has 4 unspecified atom stereocenters. The number of hydrogen-bond acceptors (Lipinski definition) is 3. The van der Waals surface area contributed by atoms with Crippen molar-refractivity contribution < 1.29 is 4.79 Å². The predicted octanol–water partition coefficient (Wildman–Crippen LogP) is 3.64. The molecular weight excluding hydrogens is 350 g/mol. The number of benzene rings is 1. The van der Waals surface area contributed by atoms with Crippen molar-refractivity contribution in [3.63, 3.8) is 0 Å². The van der Waals surface area contributed by atoms with E-state index in [-0.39, 0.29) is 17.5 Å². The summed E-state index contributed by atoms with van der Waals surface area (Å²) in [5.74, 6) is 2.14. The van der Waals surface area contributed by atoms with Crippen LogP contribution in [0.2, 0.25) is 5.02 Å². The molecule has 0 radical (unpaired) electrons. The number of fused-ring (bicyclic) bond motifs is 2. The molecule has 2 aliphatic carbocycles. The minimum atomic E-state index is -0.428. The van der Waals surface area contributed by atoms with Crippen LogP contribution in [0.1, 0.15) is 43.0 Å². The highest BCUT2D eigenvalue weighted by atomic mass is 35.5. The Morgan fingerprint density at radius 1 is 1.27 bits per heavy atom. The van der Waals surface area contributed by atoms with Gasteiger partial charge >= 0.3 is 0 Å². The minimum Gasteiger partial charge on any atom is -0.349 e. The second-order valence-corrected chi connectivity index (χ2v) is 8.02. The number of carbonyl (C=O) groups excluding carboxylic acids is 1. The highest BCUT2D eigenvalue weighted by molar-refractivity contribution is 6.30. The lowest BCUT2D eigenvalue weighted by molar-refractivity contribution is 0.0913. The van der Waals surface area contributed by atoms with Gasteiger partial charge in [0.2, 0.25) is 0 Å². The van der Waals surface area contributed by atoms with Crippen LogP contribution >= 0.6 is 11.6 Å². The van der Waals surface area contributed by atoms with Gasteiger partial charge in [0.1, 0.15) is 11.4 Å². The fourth-order valence-electron chi connectivity index (χ4n) is 4.61. The lowest BCUT2D eigenvalue weighted by Crippen LogP contribution is -2.42.